The number of hydrazine groups is 1. The average Bonchev–Trinajstić information content (AvgIpc) is 1.67. The highest BCUT2D eigenvalue weighted by Gasteiger charge is 2.21. The number of carbonyl (C=O) groups is 7. The Hall–Kier alpha value is -13.2. The van der Waals surface area contributed by atoms with Crippen LogP contribution in [-0.2, 0) is 76.1 Å². The molecule has 14 rings (SSSR count). The summed E-state index contributed by atoms with van der Waals surface area (Å²) in [5.41, 5.74) is 21.8. The highest BCUT2D eigenvalue weighted by molar-refractivity contribution is 6.30. The van der Waals surface area contributed by atoms with Crippen LogP contribution >= 0.6 is 23.2 Å². The van der Waals surface area contributed by atoms with Gasteiger partial charge in [0.05, 0.1) is 76.9 Å². The number of nitrogens with one attached hydrogen (secondary N) is 4. The quantitative estimate of drug-likeness (QED) is 0.0343. The minimum absolute atomic E-state index is 0.190. The number of rotatable bonds is 22. The first kappa shape index (κ1) is 80.4. The monoisotopic (exact) mass is 1540 g/mol. The highest BCUT2D eigenvalue weighted by atomic mass is 35.5. The molecule has 574 valence electrons. The van der Waals surface area contributed by atoms with Crippen LogP contribution in [0.15, 0.2) is 215 Å². The molecule has 32 heteroatoms. The lowest BCUT2D eigenvalue weighted by atomic mass is 10.2. The molecule has 4 aromatic heterocycles. The standard InChI is InChI=1S/C21H21ClN6O2.C19H20N4O3.C18H20N4O2.C11H14N4O.C10H9ClN2O2/c1-2-18-20(27-12-16(22)5-8-19(27)25-18)21(30)23-11-15-3-6-17(7-4-15)28-10-9-26(14-29)13-24-28;24-15-22-10-11-23(21-14-22)18-8-6-16(7-9-18)12-20-19(25)26-13-17-4-2-1-3-5-17;23-18(24-13-16-4-2-1-3-5-16)20-12-15-6-8-17(9-7-15)22-11-10-19-14-21-22;12-7-10-1-3-11(4-2-10)15-6-5-14(9-16)8-13-15;1-2-7-9(10(14)15)13-5-6(11)3-4-8(13)12-7/h3-8,12-14H,2,9-11H2,1H3,(H,23,30);1-9,14-15H,10-13H2,(H,20,25);1-9,14H,10-13H2,(H,19,21)(H,20,23);1-4,8-9H,5-7,12H2;3-5H,2H2,1H3,(H,14,15). The van der Waals surface area contributed by atoms with E-state index in [9.17, 15) is 33.6 Å². The molecule has 111 heavy (non-hydrogen) atoms. The summed E-state index contributed by atoms with van der Waals surface area (Å²) in [6.45, 7) is 11.5. The number of carboxylic acids is 1. The van der Waals surface area contributed by atoms with Gasteiger partial charge in [-0.15, -0.1) is 0 Å². The highest BCUT2D eigenvalue weighted by Crippen LogP contribution is 2.24. The van der Waals surface area contributed by atoms with Crippen molar-refractivity contribution in [3.63, 3.8) is 0 Å². The zero-order valence-corrected chi connectivity index (χ0v) is 62.5. The second-order valence-corrected chi connectivity index (χ2v) is 25.6. The Morgan fingerprint density at radius 2 is 0.865 bits per heavy atom. The summed E-state index contributed by atoms with van der Waals surface area (Å²) >= 11 is 11.9. The number of alkyl carbamates (subject to hydrolysis) is 2. The van der Waals surface area contributed by atoms with Crippen LogP contribution in [0.1, 0.15) is 79.6 Å². The molecule has 0 atom stereocenters. The van der Waals surface area contributed by atoms with Crippen LogP contribution in [0.5, 0.6) is 0 Å². The Balaban J connectivity index is 0.000000151. The SMILES string of the molecule is CCc1nc2ccc(Cl)cn2c1C(=O)NCc1ccc(N2CCN(C=O)C=N2)cc1.CCc1nc2ccc(Cl)cn2c1C(=O)O.NCc1ccc(N2CCN(C=O)C=N2)cc1.O=C(NCc1ccc(N2CCN=CN2)cc1)OCc1ccccc1.O=CN1C=NN(c2ccc(CNC(=O)OCc3ccccc3)cc2)CC1. The maximum atomic E-state index is 12.9. The van der Waals surface area contributed by atoms with Crippen molar-refractivity contribution in [3.05, 3.63) is 261 Å². The molecule has 7 N–H and O–H groups in total. The first-order valence-corrected chi connectivity index (χ1v) is 36.3. The van der Waals surface area contributed by atoms with Crippen LogP contribution in [-0.4, -0.2) is 160 Å². The number of hydrogen-bond acceptors (Lipinski definition) is 21. The lowest BCUT2D eigenvalue weighted by Crippen LogP contribution is -2.42. The van der Waals surface area contributed by atoms with Crippen LogP contribution in [0.3, 0.4) is 0 Å². The van der Waals surface area contributed by atoms with E-state index in [1.54, 1.807) is 47.4 Å². The van der Waals surface area contributed by atoms with Gasteiger partial charge in [-0.3, -0.25) is 58.4 Å². The van der Waals surface area contributed by atoms with Crippen molar-refractivity contribution in [1.29, 1.82) is 0 Å². The van der Waals surface area contributed by atoms with Crippen LogP contribution in [0, 0.1) is 0 Å². The third-order valence-electron chi connectivity index (χ3n) is 17.2. The van der Waals surface area contributed by atoms with Crippen molar-refractivity contribution < 1.29 is 48.1 Å². The Kier molecular flexibility index (Phi) is 29.8. The average molecular weight is 1540 g/mol. The number of ether oxygens (including phenoxy) is 2. The third-order valence-corrected chi connectivity index (χ3v) is 17.7. The van der Waals surface area contributed by atoms with Crippen molar-refractivity contribution in [2.45, 2.75) is 66.1 Å². The molecule has 30 nitrogen and oxygen atoms in total. The van der Waals surface area contributed by atoms with Gasteiger partial charge in [0, 0.05) is 58.2 Å². The maximum absolute atomic E-state index is 12.9. The van der Waals surface area contributed by atoms with Crippen molar-refractivity contribution in [2.24, 2.45) is 26.0 Å². The molecule has 0 radical (unpaired) electrons. The fraction of sp³-hybridized carbons (Fsp3) is 0.228. The zero-order valence-electron chi connectivity index (χ0n) is 61.0. The molecule has 6 aromatic carbocycles. The van der Waals surface area contributed by atoms with Crippen molar-refractivity contribution in [2.75, 3.05) is 72.4 Å². The van der Waals surface area contributed by atoms with E-state index in [1.807, 2.05) is 192 Å². The second kappa shape index (κ2) is 41.2. The largest absolute Gasteiger partial charge is 0.477 e. The van der Waals surface area contributed by atoms with Gasteiger partial charge in [-0.1, -0.05) is 146 Å². The number of fused-ring (bicyclic) bond motifs is 2. The van der Waals surface area contributed by atoms with Crippen LogP contribution in [0.4, 0.5) is 32.3 Å². The van der Waals surface area contributed by atoms with Crippen molar-refractivity contribution >= 4 is 126 Å². The molecular formula is C79H84Cl2N20O10. The lowest BCUT2D eigenvalue weighted by molar-refractivity contribution is -0.115. The van der Waals surface area contributed by atoms with E-state index in [4.69, 9.17) is 43.5 Å². The fourth-order valence-corrected chi connectivity index (χ4v) is 11.5. The molecular weight excluding hydrogens is 1460 g/mol. The number of benzene rings is 6. The van der Waals surface area contributed by atoms with Gasteiger partial charge in [0.15, 0.2) is 5.69 Å². The van der Waals surface area contributed by atoms with E-state index in [-0.39, 0.29) is 24.8 Å². The van der Waals surface area contributed by atoms with Crippen molar-refractivity contribution in [1.82, 2.24) is 54.8 Å². The molecule has 0 saturated carbocycles. The zero-order chi connectivity index (χ0) is 78.3. The molecule has 10 aromatic rings. The number of carboxylic acid groups (broad SMARTS) is 1. The van der Waals surface area contributed by atoms with Gasteiger partial charge in [0.25, 0.3) is 5.91 Å². The van der Waals surface area contributed by atoms with Gasteiger partial charge in [-0.25, -0.2) is 24.4 Å². The number of pyridine rings is 2. The number of aryl methyl sites for hydroxylation is 2. The minimum atomic E-state index is -0.985. The second-order valence-electron chi connectivity index (χ2n) is 24.8. The number of hydrazone groups is 3. The number of nitrogens with zero attached hydrogens (tertiary/aromatic N) is 15. The number of amides is 6. The number of anilines is 4. The molecule has 0 aliphatic carbocycles. The van der Waals surface area contributed by atoms with E-state index in [1.165, 1.54) is 38.1 Å². The number of nitrogens with two attached hydrogens (primary N) is 1. The Labute approximate surface area is 650 Å². The molecule has 0 unspecified atom stereocenters. The lowest BCUT2D eigenvalue weighted by Gasteiger charge is -2.26. The van der Waals surface area contributed by atoms with E-state index in [0.29, 0.717) is 111 Å². The topological polar surface area (TPSA) is 339 Å². The predicted molar refractivity (Wildman–Crippen MR) is 428 cm³/mol. The fourth-order valence-electron chi connectivity index (χ4n) is 11.2. The summed E-state index contributed by atoms with van der Waals surface area (Å²) in [5.74, 6) is -1.18. The van der Waals surface area contributed by atoms with Crippen LogP contribution in [0.2, 0.25) is 10.0 Å². The Morgan fingerprint density at radius 3 is 1.23 bits per heavy atom. The number of imidazole rings is 2. The van der Waals surface area contributed by atoms with Gasteiger partial charge in [-0.2, -0.15) is 15.3 Å². The number of halogens is 2. The Morgan fingerprint density at radius 1 is 0.477 bits per heavy atom. The first-order chi connectivity index (χ1) is 54.1. The maximum Gasteiger partial charge on any atom is 0.407 e. The van der Waals surface area contributed by atoms with Crippen molar-refractivity contribution in [3.8, 4) is 0 Å². The Bertz CT molecular complexity index is 4860. The number of aromatic nitrogens is 4. The molecule has 4 aliphatic heterocycles. The predicted octanol–water partition coefficient (Wildman–Crippen LogP) is 10.1. The molecule has 0 bridgehead atoms. The molecule has 4 aliphatic rings. The van der Waals surface area contributed by atoms with Crippen LogP contribution in [0.25, 0.3) is 11.3 Å². The number of aliphatic imine (C=N–C) groups is 1. The van der Waals surface area contributed by atoms with Gasteiger partial charge in [0.2, 0.25) is 19.2 Å². The number of carbonyl (C=O) groups excluding carboxylic acids is 6. The van der Waals surface area contributed by atoms with Gasteiger partial charge >= 0.3 is 18.2 Å². The summed E-state index contributed by atoms with van der Waals surface area (Å²) in [6.07, 6.45) is 12.2. The van der Waals surface area contributed by atoms with E-state index in [0.717, 1.165) is 94.1 Å². The first-order valence-electron chi connectivity index (χ1n) is 35.5. The van der Waals surface area contributed by atoms with E-state index < -0.39 is 18.2 Å². The smallest absolute Gasteiger partial charge is 0.407 e. The summed E-state index contributed by atoms with van der Waals surface area (Å²) < 4.78 is 13.6. The molecule has 0 fully saturated rings. The van der Waals surface area contributed by atoms with Gasteiger partial charge in [-0.05, 0) is 119 Å². The third kappa shape index (κ3) is 23.7. The number of aromatic carboxylic acids is 1. The summed E-state index contributed by atoms with van der Waals surface area (Å²) in [6, 6.07) is 57.5. The summed E-state index contributed by atoms with van der Waals surface area (Å²) in [5, 5.41) is 38.8. The molecule has 0 saturated heterocycles. The molecule has 6 amide bonds. The van der Waals surface area contributed by atoms with E-state index >= 15 is 0 Å². The van der Waals surface area contributed by atoms with Gasteiger partial charge < -0.3 is 51.0 Å². The van der Waals surface area contributed by atoms with E-state index in [2.05, 4.69) is 51.6 Å². The summed E-state index contributed by atoms with van der Waals surface area (Å²) in [7, 11) is 0. The van der Waals surface area contributed by atoms with Crippen LogP contribution < -0.4 is 47.1 Å². The van der Waals surface area contributed by atoms with Gasteiger partial charge in [0.1, 0.15) is 55.6 Å². The minimum Gasteiger partial charge on any atom is -0.477 e. The molecule has 0 spiro atoms. The molecule has 8 heterocycles. The number of hydrogen-bond donors (Lipinski definition) is 6. The normalized spacial score (nSPS) is 13.4. The summed E-state index contributed by atoms with van der Waals surface area (Å²) in [4.78, 5) is 96.7.